The van der Waals surface area contributed by atoms with Crippen molar-refractivity contribution in [2.45, 2.75) is 46.1 Å². The van der Waals surface area contributed by atoms with Gasteiger partial charge >= 0.3 is 5.97 Å². The number of guanidine groups is 1. The van der Waals surface area contributed by atoms with Crippen molar-refractivity contribution in [3.8, 4) is 0 Å². The van der Waals surface area contributed by atoms with Crippen LogP contribution in [-0.2, 0) is 9.53 Å². The molecule has 1 saturated heterocycles. The molecule has 0 bridgehead atoms. The van der Waals surface area contributed by atoms with E-state index in [1.807, 2.05) is 6.92 Å². The summed E-state index contributed by atoms with van der Waals surface area (Å²) in [6.07, 6.45) is 1.89. The number of aliphatic imine (C=N–C) groups is 1. The van der Waals surface area contributed by atoms with E-state index in [9.17, 15) is 4.79 Å². The van der Waals surface area contributed by atoms with Gasteiger partial charge in [-0.3, -0.25) is 9.79 Å². The van der Waals surface area contributed by atoms with Crippen molar-refractivity contribution >= 4 is 11.9 Å². The molecule has 6 heteroatoms. The van der Waals surface area contributed by atoms with Gasteiger partial charge in [-0.2, -0.15) is 0 Å². The Balaban J connectivity index is 2.44. The van der Waals surface area contributed by atoms with Crippen molar-refractivity contribution < 1.29 is 9.53 Å². The van der Waals surface area contributed by atoms with Gasteiger partial charge < -0.3 is 20.3 Å². The van der Waals surface area contributed by atoms with Crippen LogP contribution in [0.3, 0.4) is 0 Å². The first kappa shape index (κ1) is 18.7. The van der Waals surface area contributed by atoms with Crippen molar-refractivity contribution in [1.82, 2.24) is 15.5 Å². The van der Waals surface area contributed by atoms with Gasteiger partial charge in [-0.05, 0) is 40.5 Å². The number of likely N-dealkylation sites (tertiary alicyclic amines) is 1. The molecule has 128 valence electrons. The van der Waals surface area contributed by atoms with Crippen LogP contribution in [0.5, 0.6) is 0 Å². The zero-order chi connectivity index (χ0) is 16.6. The molecule has 0 aromatic carbocycles. The Morgan fingerprint density at radius 2 is 2.09 bits per heavy atom. The van der Waals surface area contributed by atoms with Gasteiger partial charge in [0.15, 0.2) is 5.96 Å². The number of nitrogens with zero attached hydrogens (tertiary/aromatic N) is 2. The lowest BCUT2D eigenvalue weighted by molar-refractivity contribution is -0.149. The van der Waals surface area contributed by atoms with Gasteiger partial charge in [0.05, 0.1) is 12.5 Å². The lowest BCUT2D eigenvalue weighted by Gasteiger charge is -2.34. The molecule has 1 fully saturated rings. The Hall–Kier alpha value is -1.30. The molecule has 0 aliphatic carbocycles. The molecule has 1 atom stereocenters. The second-order valence-electron chi connectivity index (χ2n) is 6.69. The third kappa shape index (κ3) is 6.64. The smallest absolute Gasteiger partial charge is 0.310 e. The van der Waals surface area contributed by atoms with Crippen molar-refractivity contribution in [2.24, 2.45) is 10.9 Å². The largest absolute Gasteiger partial charge is 0.466 e. The number of esters is 1. The van der Waals surface area contributed by atoms with E-state index in [0.717, 1.165) is 38.4 Å². The maximum Gasteiger partial charge on any atom is 0.310 e. The van der Waals surface area contributed by atoms with Gasteiger partial charge in [-0.1, -0.05) is 0 Å². The molecule has 0 radical (unpaired) electrons. The fraction of sp³-hybridized carbons (Fsp3) is 0.875. The average molecular weight is 312 g/mol. The molecule has 1 aliphatic rings. The minimum atomic E-state index is -0.0861. The third-order valence-electron chi connectivity index (χ3n) is 3.62. The second kappa shape index (κ2) is 8.98. The molecular formula is C16H32N4O2. The number of nitrogens with one attached hydrogen (secondary N) is 2. The lowest BCUT2D eigenvalue weighted by Crippen LogP contribution is -2.50. The zero-order valence-electron chi connectivity index (χ0n) is 14.7. The summed E-state index contributed by atoms with van der Waals surface area (Å²) in [4.78, 5) is 18.4. The highest BCUT2D eigenvalue weighted by Crippen LogP contribution is 2.17. The van der Waals surface area contributed by atoms with Crippen LogP contribution in [-0.4, -0.2) is 62.2 Å². The number of ether oxygens (including phenoxy) is 1. The fourth-order valence-corrected chi connectivity index (χ4v) is 2.57. The van der Waals surface area contributed by atoms with Crippen LogP contribution in [0.15, 0.2) is 4.99 Å². The Morgan fingerprint density at radius 3 is 2.68 bits per heavy atom. The molecule has 1 aliphatic heterocycles. The molecule has 2 N–H and O–H groups in total. The quantitative estimate of drug-likeness (QED) is 0.346. The number of piperidine rings is 1. The number of rotatable bonds is 5. The summed E-state index contributed by atoms with van der Waals surface area (Å²) in [5.74, 6) is 0.738. The maximum absolute atomic E-state index is 11.9. The minimum Gasteiger partial charge on any atom is -0.466 e. The standard InChI is InChI=1S/C16H32N4O2/c1-6-22-14(21)13-8-7-11-20(12-13)15(17-5)18-9-10-19-16(2,3)4/h13,19H,6-12H2,1-5H3,(H,17,18). The normalized spacial score (nSPS) is 20.0. The molecule has 1 unspecified atom stereocenters. The van der Waals surface area contributed by atoms with Crippen molar-refractivity contribution in [3.05, 3.63) is 0 Å². The van der Waals surface area contributed by atoms with E-state index < -0.39 is 0 Å². The summed E-state index contributed by atoms with van der Waals surface area (Å²) >= 11 is 0. The predicted octanol–water partition coefficient (Wildman–Crippen LogP) is 1.23. The molecule has 1 rings (SSSR count). The van der Waals surface area contributed by atoms with Crippen LogP contribution in [0.4, 0.5) is 0 Å². The monoisotopic (exact) mass is 312 g/mol. The van der Waals surface area contributed by atoms with Gasteiger partial charge in [-0.25, -0.2) is 0 Å². The Labute approximate surface area is 134 Å². The van der Waals surface area contributed by atoms with Crippen LogP contribution in [0, 0.1) is 5.92 Å². The molecule has 0 spiro atoms. The summed E-state index contributed by atoms with van der Waals surface area (Å²) < 4.78 is 5.14. The highest BCUT2D eigenvalue weighted by molar-refractivity contribution is 5.81. The van der Waals surface area contributed by atoms with Crippen molar-refractivity contribution in [2.75, 3.05) is 39.8 Å². The Bertz CT molecular complexity index is 377. The molecule has 6 nitrogen and oxygen atoms in total. The molecule has 0 saturated carbocycles. The van der Waals surface area contributed by atoms with Crippen molar-refractivity contribution in [3.63, 3.8) is 0 Å². The second-order valence-corrected chi connectivity index (χ2v) is 6.69. The molecule has 0 aromatic rings. The van der Waals surface area contributed by atoms with E-state index in [1.54, 1.807) is 7.05 Å². The van der Waals surface area contributed by atoms with Crippen molar-refractivity contribution in [1.29, 1.82) is 0 Å². The highest BCUT2D eigenvalue weighted by Gasteiger charge is 2.28. The first-order valence-corrected chi connectivity index (χ1v) is 8.24. The SMILES string of the molecule is CCOC(=O)C1CCCN(C(=NC)NCCNC(C)(C)C)C1. The van der Waals surface area contributed by atoms with E-state index >= 15 is 0 Å². The highest BCUT2D eigenvalue weighted by atomic mass is 16.5. The Kier molecular flexibility index (Phi) is 7.65. The van der Waals surface area contributed by atoms with Crippen LogP contribution < -0.4 is 10.6 Å². The van der Waals surface area contributed by atoms with Crippen LogP contribution in [0.2, 0.25) is 0 Å². The third-order valence-corrected chi connectivity index (χ3v) is 3.62. The summed E-state index contributed by atoms with van der Waals surface area (Å²) in [5, 5.41) is 6.80. The summed E-state index contributed by atoms with van der Waals surface area (Å²) in [6, 6.07) is 0. The number of hydrogen-bond donors (Lipinski definition) is 2. The number of hydrogen-bond acceptors (Lipinski definition) is 4. The summed E-state index contributed by atoms with van der Waals surface area (Å²) in [5.41, 5.74) is 0.116. The molecular weight excluding hydrogens is 280 g/mol. The molecule has 0 amide bonds. The van der Waals surface area contributed by atoms with Crippen LogP contribution in [0.25, 0.3) is 0 Å². The van der Waals surface area contributed by atoms with E-state index in [0.29, 0.717) is 13.2 Å². The minimum absolute atomic E-state index is 0.0417. The van der Waals surface area contributed by atoms with E-state index in [1.165, 1.54) is 0 Å². The first-order chi connectivity index (χ1) is 10.4. The maximum atomic E-state index is 11.9. The van der Waals surface area contributed by atoms with Gasteiger partial charge in [-0.15, -0.1) is 0 Å². The van der Waals surface area contributed by atoms with Crippen LogP contribution in [0.1, 0.15) is 40.5 Å². The first-order valence-electron chi connectivity index (χ1n) is 8.24. The molecule has 22 heavy (non-hydrogen) atoms. The molecule has 0 aromatic heterocycles. The van der Waals surface area contributed by atoms with E-state index in [4.69, 9.17) is 4.74 Å². The van der Waals surface area contributed by atoms with Gasteiger partial charge in [0.2, 0.25) is 0 Å². The number of carbonyl (C=O) groups excluding carboxylic acids is 1. The van der Waals surface area contributed by atoms with Crippen LogP contribution >= 0.6 is 0 Å². The van der Waals surface area contributed by atoms with E-state index in [2.05, 4.69) is 41.3 Å². The predicted molar refractivity (Wildman–Crippen MR) is 90.0 cm³/mol. The van der Waals surface area contributed by atoms with E-state index in [-0.39, 0.29) is 17.4 Å². The zero-order valence-corrected chi connectivity index (χ0v) is 14.7. The van der Waals surface area contributed by atoms with Gasteiger partial charge in [0.25, 0.3) is 0 Å². The lowest BCUT2D eigenvalue weighted by atomic mass is 9.98. The fourth-order valence-electron chi connectivity index (χ4n) is 2.57. The number of carbonyl (C=O) groups is 1. The molecule has 1 heterocycles. The summed E-state index contributed by atoms with van der Waals surface area (Å²) in [6.45, 7) is 12.0. The Morgan fingerprint density at radius 1 is 1.36 bits per heavy atom. The van der Waals surface area contributed by atoms with Gasteiger partial charge in [0, 0.05) is 38.8 Å². The topological polar surface area (TPSA) is 66.0 Å². The average Bonchev–Trinajstić information content (AvgIpc) is 2.46. The van der Waals surface area contributed by atoms with Gasteiger partial charge in [0.1, 0.15) is 0 Å². The summed E-state index contributed by atoms with van der Waals surface area (Å²) in [7, 11) is 1.79.